The van der Waals surface area contributed by atoms with Gasteiger partial charge in [-0.25, -0.2) is 9.97 Å². The van der Waals surface area contributed by atoms with Crippen LogP contribution in [0, 0.1) is 0 Å². The normalized spacial score (nSPS) is 11.6. The van der Waals surface area contributed by atoms with Crippen LogP contribution in [0.15, 0.2) is 116 Å². The largest absolute Gasteiger partial charge is 0.311 e. The second-order valence-corrected chi connectivity index (χ2v) is 11.1. The van der Waals surface area contributed by atoms with Crippen molar-refractivity contribution in [2.24, 2.45) is 0 Å². The molecule has 0 spiro atoms. The molecule has 3 heteroatoms. The van der Waals surface area contributed by atoms with Gasteiger partial charge in [-0.2, -0.15) is 0 Å². The average Bonchev–Trinajstić information content (AvgIpc) is 3.02. The van der Waals surface area contributed by atoms with E-state index >= 15 is 0 Å². The molecule has 0 aliphatic rings. The molecule has 0 N–H and O–H groups in total. The summed E-state index contributed by atoms with van der Waals surface area (Å²) >= 11 is 0. The van der Waals surface area contributed by atoms with E-state index in [2.05, 4.69) is 131 Å². The van der Waals surface area contributed by atoms with E-state index in [4.69, 9.17) is 9.97 Å². The Morgan fingerprint density at radius 1 is 0.650 bits per heavy atom. The fourth-order valence-corrected chi connectivity index (χ4v) is 5.28. The zero-order chi connectivity index (χ0) is 28.1. The van der Waals surface area contributed by atoms with Gasteiger partial charge in [-0.05, 0) is 83.3 Å². The summed E-state index contributed by atoms with van der Waals surface area (Å²) in [5, 5.41) is 0. The maximum atomic E-state index is 4.90. The first kappa shape index (κ1) is 27.3. The van der Waals surface area contributed by atoms with Gasteiger partial charge >= 0.3 is 0 Å². The van der Waals surface area contributed by atoms with Crippen molar-refractivity contribution in [3.05, 3.63) is 127 Å². The molecule has 0 amide bonds. The van der Waals surface area contributed by atoms with Crippen molar-refractivity contribution in [2.75, 3.05) is 4.90 Å². The summed E-state index contributed by atoms with van der Waals surface area (Å²) in [7, 11) is 0. The molecule has 40 heavy (non-hydrogen) atoms. The highest BCUT2D eigenvalue weighted by atomic mass is 15.1. The lowest BCUT2D eigenvalue weighted by Gasteiger charge is -2.30. The molecule has 0 aliphatic carbocycles. The van der Waals surface area contributed by atoms with Crippen LogP contribution in [-0.2, 0) is 5.41 Å². The lowest BCUT2D eigenvalue weighted by atomic mass is 9.75. The topological polar surface area (TPSA) is 29.0 Å². The third kappa shape index (κ3) is 5.56. The van der Waals surface area contributed by atoms with Crippen LogP contribution in [0.5, 0.6) is 0 Å². The lowest BCUT2D eigenvalue weighted by Crippen LogP contribution is -2.21. The van der Waals surface area contributed by atoms with Crippen LogP contribution in [0.1, 0.15) is 64.5 Å². The maximum absolute atomic E-state index is 4.90. The molecular formula is C37H39N3. The first-order valence-corrected chi connectivity index (χ1v) is 14.4. The van der Waals surface area contributed by atoms with Crippen molar-refractivity contribution in [3.63, 3.8) is 0 Å². The van der Waals surface area contributed by atoms with E-state index in [1.54, 1.807) is 0 Å². The Bertz CT molecular complexity index is 1480. The SMILES string of the molecule is CCC(C)(CC)c1ccc(C(C)C)cc1-c1ncc(-c2ccc(N(c3ccccc3)c3ccccc3)cc2)cn1. The Kier molecular flexibility index (Phi) is 8.11. The monoisotopic (exact) mass is 525 g/mol. The van der Waals surface area contributed by atoms with E-state index in [0.29, 0.717) is 5.92 Å². The van der Waals surface area contributed by atoms with Gasteiger partial charge < -0.3 is 4.90 Å². The highest BCUT2D eigenvalue weighted by molar-refractivity contribution is 5.78. The van der Waals surface area contributed by atoms with Gasteiger partial charge in [0, 0.05) is 40.6 Å². The molecule has 1 heterocycles. The second kappa shape index (κ2) is 11.9. The van der Waals surface area contributed by atoms with Crippen LogP contribution in [-0.4, -0.2) is 9.97 Å². The molecule has 0 fully saturated rings. The summed E-state index contributed by atoms with van der Waals surface area (Å²) in [6.45, 7) is 11.4. The molecule has 3 nitrogen and oxygen atoms in total. The Balaban J connectivity index is 1.48. The number of hydrogen-bond donors (Lipinski definition) is 0. The number of hydrogen-bond acceptors (Lipinski definition) is 3. The number of benzene rings is 4. The fourth-order valence-electron chi connectivity index (χ4n) is 5.28. The van der Waals surface area contributed by atoms with Crippen LogP contribution in [0.25, 0.3) is 22.5 Å². The standard InChI is InChI=1S/C37H39N3/c1-6-37(5,7-2)35-23-20-29(27(3)4)24-34(35)36-38-25-30(26-39-36)28-18-21-33(22-19-28)40(31-14-10-8-11-15-31)32-16-12-9-13-17-32/h8-27H,6-7H2,1-5H3. The van der Waals surface area contributed by atoms with E-state index in [-0.39, 0.29) is 5.41 Å². The van der Waals surface area contributed by atoms with E-state index in [0.717, 1.165) is 52.4 Å². The number of nitrogens with zero attached hydrogens (tertiary/aromatic N) is 3. The Labute approximate surface area is 239 Å². The van der Waals surface area contributed by atoms with Gasteiger partial charge in [-0.1, -0.05) is 95.3 Å². The minimum absolute atomic E-state index is 0.0894. The Morgan fingerprint density at radius 2 is 1.18 bits per heavy atom. The highest BCUT2D eigenvalue weighted by Gasteiger charge is 2.27. The molecule has 5 aromatic rings. The van der Waals surface area contributed by atoms with Crippen molar-refractivity contribution in [3.8, 4) is 22.5 Å². The number of rotatable bonds is 9. The van der Waals surface area contributed by atoms with Gasteiger partial charge in [-0.3, -0.25) is 0 Å². The molecule has 4 aromatic carbocycles. The van der Waals surface area contributed by atoms with Gasteiger partial charge in [0.2, 0.25) is 0 Å². The van der Waals surface area contributed by atoms with Crippen LogP contribution in [0.3, 0.4) is 0 Å². The molecule has 0 saturated carbocycles. The second-order valence-electron chi connectivity index (χ2n) is 11.1. The summed E-state index contributed by atoms with van der Waals surface area (Å²) < 4.78 is 0. The van der Waals surface area contributed by atoms with Crippen LogP contribution >= 0.6 is 0 Å². The molecule has 0 atom stereocenters. The van der Waals surface area contributed by atoms with E-state index < -0.39 is 0 Å². The fraction of sp³-hybridized carbons (Fsp3) is 0.243. The van der Waals surface area contributed by atoms with Gasteiger partial charge in [0.1, 0.15) is 0 Å². The molecule has 0 bridgehead atoms. The molecule has 202 valence electrons. The predicted molar refractivity (Wildman–Crippen MR) is 170 cm³/mol. The van der Waals surface area contributed by atoms with E-state index in [1.165, 1.54) is 11.1 Å². The lowest BCUT2D eigenvalue weighted by molar-refractivity contribution is 0.439. The van der Waals surface area contributed by atoms with Gasteiger partial charge in [0.25, 0.3) is 0 Å². The number of aromatic nitrogens is 2. The predicted octanol–water partition coefficient (Wildman–Crippen LogP) is 10.5. The van der Waals surface area contributed by atoms with Crippen molar-refractivity contribution in [1.29, 1.82) is 0 Å². The third-order valence-corrected chi connectivity index (χ3v) is 8.30. The van der Waals surface area contributed by atoms with Crippen LogP contribution < -0.4 is 4.90 Å². The summed E-state index contributed by atoms with van der Waals surface area (Å²) in [5.74, 6) is 1.25. The zero-order valence-electron chi connectivity index (χ0n) is 24.3. The molecule has 0 unspecified atom stereocenters. The molecule has 0 aliphatic heterocycles. The summed E-state index contributed by atoms with van der Waals surface area (Å²) in [6, 6.07) is 36.5. The smallest absolute Gasteiger partial charge is 0.159 e. The minimum Gasteiger partial charge on any atom is -0.311 e. The summed E-state index contributed by atoms with van der Waals surface area (Å²) in [6.07, 6.45) is 6.07. The quantitative estimate of drug-likeness (QED) is 0.192. The molecule has 0 radical (unpaired) electrons. The first-order chi connectivity index (χ1) is 19.4. The third-order valence-electron chi connectivity index (χ3n) is 8.30. The van der Waals surface area contributed by atoms with E-state index in [9.17, 15) is 0 Å². The molecular weight excluding hydrogens is 486 g/mol. The highest BCUT2D eigenvalue weighted by Crippen LogP contribution is 2.39. The van der Waals surface area contributed by atoms with Crippen molar-refractivity contribution < 1.29 is 0 Å². The van der Waals surface area contributed by atoms with Gasteiger partial charge in [-0.15, -0.1) is 0 Å². The Morgan fingerprint density at radius 3 is 1.68 bits per heavy atom. The zero-order valence-corrected chi connectivity index (χ0v) is 24.3. The van der Waals surface area contributed by atoms with E-state index in [1.807, 2.05) is 24.5 Å². The first-order valence-electron chi connectivity index (χ1n) is 14.4. The van der Waals surface area contributed by atoms with Crippen molar-refractivity contribution in [1.82, 2.24) is 9.97 Å². The van der Waals surface area contributed by atoms with Crippen molar-refractivity contribution in [2.45, 2.75) is 58.8 Å². The number of para-hydroxylation sites is 2. The van der Waals surface area contributed by atoms with Gasteiger partial charge in [0.15, 0.2) is 5.82 Å². The number of anilines is 3. The Hall–Kier alpha value is -4.24. The van der Waals surface area contributed by atoms with Crippen LogP contribution in [0.4, 0.5) is 17.1 Å². The van der Waals surface area contributed by atoms with Crippen LogP contribution in [0.2, 0.25) is 0 Å². The molecule has 1 aromatic heterocycles. The molecule has 0 saturated heterocycles. The minimum atomic E-state index is 0.0894. The molecule has 5 rings (SSSR count). The summed E-state index contributed by atoms with van der Waals surface area (Å²) in [4.78, 5) is 12.1. The maximum Gasteiger partial charge on any atom is 0.159 e. The van der Waals surface area contributed by atoms with Crippen molar-refractivity contribution >= 4 is 17.1 Å². The summed E-state index contributed by atoms with van der Waals surface area (Å²) in [5.41, 5.74) is 9.36. The average molecular weight is 526 g/mol. The van der Waals surface area contributed by atoms with Gasteiger partial charge in [0.05, 0.1) is 0 Å².